The van der Waals surface area contributed by atoms with Crippen molar-refractivity contribution < 1.29 is 19.1 Å². The molecule has 2 aromatic heterocycles. The van der Waals surface area contributed by atoms with Gasteiger partial charge in [0.2, 0.25) is 5.82 Å². The van der Waals surface area contributed by atoms with E-state index in [1.54, 1.807) is 27.7 Å². The van der Waals surface area contributed by atoms with E-state index in [4.69, 9.17) is 9.47 Å². The van der Waals surface area contributed by atoms with Crippen LogP contribution in [0.15, 0.2) is 4.79 Å². The molecule has 0 radical (unpaired) electrons. The quantitative estimate of drug-likeness (QED) is 0.727. The summed E-state index contributed by atoms with van der Waals surface area (Å²) in [5, 5.41) is 0.520. The van der Waals surface area contributed by atoms with E-state index in [-0.39, 0.29) is 24.1 Å². The Morgan fingerprint density at radius 2 is 1.93 bits per heavy atom. The molecule has 7 nitrogen and oxygen atoms in total. The number of aromatic nitrogens is 2. The van der Waals surface area contributed by atoms with Crippen LogP contribution >= 0.6 is 11.3 Å². The predicted molar refractivity (Wildman–Crippen MR) is 102 cm³/mol. The molecule has 27 heavy (non-hydrogen) atoms. The van der Waals surface area contributed by atoms with E-state index in [9.17, 15) is 14.4 Å². The maximum atomic E-state index is 13.3. The molecule has 0 spiro atoms. The molecule has 3 rings (SSSR count). The van der Waals surface area contributed by atoms with E-state index >= 15 is 0 Å². The van der Waals surface area contributed by atoms with Crippen molar-refractivity contribution in [3.63, 3.8) is 0 Å². The van der Waals surface area contributed by atoms with Gasteiger partial charge < -0.3 is 9.47 Å². The van der Waals surface area contributed by atoms with Crippen LogP contribution in [-0.4, -0.2) is 34.2 Å². The third kappa shape index (κ3) is 3.63. The van der Waals surface area contributed by atoms with Gasteiger partial charge in [-0.3, -0.25) is 9.36 Å². The molecule has 2 heterocycles. The van der Waals surface area contributed by atoms with Gasteiger partial charge in [-0.05, 0) is 58.9 Å². The minimum Gasteiger partial charge on any atom is -0.461 e. The Kier molecular flexibility index (Phi) is 5.64. The molecule has 0 saturated heterocycles. The Bertz CT molecular complexity index is 944. The molecule has 1 aliphatic carbocycles. The van der Waals surface area contributed by atoms with Gasteiger partial charge in [0.25, 0.3) is 5.56 Å². The van der Waals surface area contributed by atoms with Crippen molar-refractivity contribution in [2.75, 3.05) is 6.61 Å². The van der Waals surface area contributed by atoms with Gasteiger partial charge in [0.1, 0.15) is 10.9 Å². The molecule has 146 valence electrons. The molecule has 0 N–H and O–H groups in total. The smallest absolute Gasteiger partial charge is 0.374 e. The SMILES string of the molecule is CCOC(=O)c1nc2sc3c(c2c(=O)n1[C@@H](C)C(=O)OC(C)C)CCCC3. The minimum absolute atomic E-state index is 0.151. The highest BCUT2D eigenvalue weighted by Gasteiger charge is 2.30. The zero-order chi connectivity index (χ0) is 19.7. The molecule has 1 aliphatic rings. The van der Waals surface area contributed by atoms with Crippen molar-refractivity contribution in [2.45, 2.75) is 65.5 Å². The number of hydrogen-bond donors (Lipinski definition) is 0. The van der Waals surface area contributed by atoms with Gasteiger partial charge >= 0.3 is 11.9 Å². The van der Waals surface area contributed by atoms with Crippen LogP contribution in [0, 0.1) is 0 Å². The number of esters is 2. The number of nitrogens with zero attached hydrogens (tertiary/aromatic N) is 2. The highest BCUT2D eigenvalue weighted by Crippen LogP contribution is 2.34. The van der Waals surface area contributed by atoms with Crippen molar-refractivity contribution in [1.29, 1.82) is 0 Å². The third-order valence-electron chi connectivity index (χ3n) is 4.56. The van der Waals surface area contributed by atoms with Crippen molar-refractivity contribution in [2.24, 2.45) is 0 Å². The van der Waals surface area contributed by atoms with Gasteiger partial charge in [-0.1, -0.05) is 0 Å². The van der Waals surface area contributed by atoms with E-state index in [1.807, 2.05) is 0 Å². The topological polar surface area (TPSA) is 87.5 Å². The summed E-state index contributed by atoms with van der Waals surface area (Å²) >= 11 is 1.45. The molecule has 0 saturated carbocycles. The van der Waals surface area contributed by atoms with Gasteiger partial charge in [0, 0.05) is 4.88 Å². The number of carbonyl (C=O) groups excluding carboxylic acids is 2. The van der Waals surface area contributed by atoms with Crippen LogP contribution in [0.4, 0.5) is 0 Å². The van der Waals surface area contributed by atoms with Crippen LogP contribution < -0.4 is 5.56 Å². The number of carbonyl (C=O) groups is 2. The fraction of sp³-hybridized carbons (Fsp3) is 0.579. The lowest BCUT2D eigenvalue weighted by atomic mass is 9.97. The van der Waals surface area contributed by atoms with Crippen LogP contribution in [0.5, 0.6) is 0 Å². The lowest BCUT2D eigenvalue weighted by Crippen LogP contribution is -2.35. The molecule has 0 bridgehead atoms. The first-order valence-electron chi connectivity index (χ1n) is 9.29. The van der Waals surface area contributed by atoms with E-state index < -0.39 is 18.0 Å². The third-order valence-corrected chi connectivity index (χ3v) is 5.74. The van der Waals surface area contributed by atoms with Crippen LogP contribution in [0.25, 0.3) is 10.2 Å². The monoisotopic (exact) mass is 392 g/mol. The van der Waals surface area contributed by atoms with Gasteiger partial charge in [0.05, 0.1) is 18.1 Å². The summed E-state index contributed by atoms with van der Waals surface area (Å²) in [5.74, 6) is -1.45. The summed E-state index contributed by atoms with van der Waals surface area (Å²) in [6, 6.07) is -0.977. The first-order valence-corrected chi connectivity index (χ1v) is 10.1. The molecule has 0 unspecified atom stereocenters. The van der Waals surface area contributed by atoms with Crippen LogP contribution in [0.2, 0.25) is 0 Å². The molecular formula is C19H24N2O5S. The summed E-state index contributed by atoms with van der Waals surface area (Å²) < 4.78 is 11.5. The number of ether oxygens (including phenoxy) is 2. The number of thiophene rings is 1. The molecule has 0 fully saturated rings. The fourth-order valence-corrected chi connectivity index (χ4v) is 4.60. The number of aryl methyl sites for hydroxylation is 2. The first-order chi connectivity index (χ1) is 12.8. The first kappa shape index (κ1) is 19.5. The Morgan fingerprint density at radius 1 is 1.22 bits per heavy atom. The molecule has 8 heteroatoms. The lowest BCUT2D eigenvalue weighted by molar-refractivity contribution is -0.151. The molecule has 0 amide bonds. The maximum Gasteiger partial charge on any atom is 0.374 e. The van der Waals surface area contributed by atoms with Gasteiger partial charge in [-0.15, -0.1) is 11.3 Å². The Labute approximate surface area is 161 Å². The standard InChI is InChI=1S/C19H24N2O5S/c1-5-25-19(24)15-20-16-14(12-8-6-7-9-13(12)27-16)17(22)21(15)11(4)18(23)26-10(2)3/h10-11H,5-9H2,1-4H3/t11-/m0/s1. The zero-order valence-corrected chi connectivity index (χ0v) is 16.9. The number of rotatable bonds is 5. The summed E-state index contributed by atoms with van der Waals surface area (Å²) in [6.07, 6.45) is 3.50. The molecule has 0 aliphatic heterocycles. The van der Waals surface area contributed by atoms with Crippen molar-refractivity contribution in [3.05, 3.63) is 26.6 Å². The minimum atomic E-state index is -0.977. The summed E-state index contributed by atoms with van der Waals surface area (Å²) in [5.41, 5.74) is 0.628. The average molecular weight is 392 g/mol. The van der Waals surface area contributed by atoms with Crippen LogP contribution in [0.3, 0.4) is 0 Å². The van der Waals surface area contributed by atoms with Crippen molar-refractivity contribution in [1.82, 2.24) is 9.55 Å². The largest absolute Gasteiger partial charge is 0.461 e. The van der Waals surface area contributed by atoms with Crippen molar-refractivity contribution >= 4 is 33.5 Å². The van der Waals surface area contributed by atoms with Crippen molar-refractivity contribution in [3.8, 4) is 0 Å². The molecule has 0 aromatic carbocycles. The maximum absolute atomic E-state index is 13.3. The normalized spacial score (nSPS) is 14.9. The van der Waals surface area contributed by atoms with Gasteiger partial charge in [-0.25, -0.2) is 14.6 Å². The molecule has 2 aromatic rings. The second-order valence-corrected chi connectivity index (χ2v) is 7.97. The van der Waals surface area contributed by atoms with Gasteiger partial charge in [-0.2, -0.15) is 0 Å². The Balaban J connectivity index is 2.23. The van der Waals surface area contributed by atoms with Crippen LogP contribution in [-0.2, 0) is 27.1 Å². The second kappa shape index (κ2) is 7.80. The highest BCUT2D eigenvalue weighted by atomic mass is 32.1. The highest BCUT2D eigenvalue weighted by molar-refractivity contribution is 7.18. The molecular weight excluding hydrogens is 368 g/mol. The summed E-state index contributed by atoms with van der Waals surface area (Å²) in [7, 11) is 0. The number of hydrogen-bond acceptors (Lipinski definition) is 7. The average Bonchev–Trinajstić information content (AvgIpc) is 2.99. The fourth-order valence-electron chi connectivity index (χ4n) is 3.35. The second-order valence-electron chi connectivity index (χ2n) is 6.88. The van der Waals surface area contributed by atoms with Gasteiger partial charge in [0.15, 0.2) is 0 Å². The summed E-state index contributed by atoms with van der Waals surface area (Å²) in [6.45, 7) is 6.84. The van der Waals surface area contributed by atoms with E-state index in [1.165, 1.54) is 11.3 Å². The van der Waals surface area contributed by atoms with E-state index in [0.717, 1.165) is 40.7 Å². The molecule has 1 atom stereocenters. The Hall–Kier alpha value is -2.22. The zero-order valence-electron chi connectivity index (χ0n) is 16.0. The van der Waals surface area contributed by atoms with Crippen LogP contribution in [0.1, 0.15) is 67.6 Å². The predicted octanol–water partition coefficient (Wildman–Crippen LogP) is 3.03. The Morgan fingerprint density at radius 3 is 2.59 bits per heavy atom. The number of fused-ring (bicyclic) bond motifs is 3. The summed E-state index contributed by atoms with van der Waals surface area (Å²) in [4.78, 5) is 44.4. The lowest BCUT2D eigenvalue weighted by Gasteiger charge is -2.19. The van der Waals surface area contributed by atoms with E-state index in [2.05, 4.69) is 4.98 Å². The van der Waals surface area contributed by atoms with E-state index in [0.29, 0.717) is 10.2 Å².